The van der Waals surface area contributed by atoms with Crippen molar-refractivity contribution in [1.82, 2.24) is 0 Å². The van der Waals surface area contributed by atoms with Gasteiger partial charge in [-0.15, -0.1) is 0 Å². The van der Waals surface area contributed by atoms with Crippen LogP contribution in [0.4, 0.5) is 17.1 Å². The molecular weight excluding hydrogens is 602 g/mol. The third kappa shape index (κ3) is 4.61. The van der Waals surface area contributed by atoms with Crippen LogP contribution in [0.1, 0.15) is 11.1 Å². The average Bonchev–Trinajstić information content (AvgIpc) is 3.74. The van der Waals surface area contributed by atoms with E-state index < -0.39 is 0 Å². The van der Waals surface area contributed by atoms with E-state index in [1.807, 2.05) is 48.5 Å². The van der Waals surface area contributed by atoms with Crippen LogP contribution in [0.15, 0.2) is 173 Å². The van der Waals surface area contributed by atoms with Crippen LogP contribution in [-0.2, 0) is 6.42 Å². The van der Waals surface area contributed by atoms with Crippen molar-refractivity contribution >= 4 is 66.7 Å². The molecule has 0 aliphatic carbocycles. The molecule has 10 rings (SSSR count). The van der Waals surface area contributed by atoms with Crippen LogP contribution < -0.4 is 9.64 Å². The van der Waals surface area contributed by atoms with E-state index in [4.69, 9.17) is 13.6 Å². The number of fused-ring (bicyclic) bond motifs is 8. The molecule has 1 aliphatic heterocycles. The number of rotatable bonds is 5. The molecule has 49 heavy (non-hydrogen) atoms. The molecule has 4 nitrogen and oxygen atoms in total. The second kappa shape index (κ2) is 11.0. The number of hydrogen-bond donors (Lipinski definition) is 0. The van der Waals surface area contributed by atoms with Gasteiger partial charge in [-0.25, -0.2) is 0 Å². The maximum Gasteiger partial charge on any atom is 0.135 e. The molecule has 0 spiro atoms. The molecule has 0 saturated carbocycles. The summed E-state index contributed by atoms with van der Waals surface area (Å²) in [5, 5.41) is 4.34. The van der Waals surface area contributed by atoms with Crippen LogP contribution >= 0.6 is 0 Å². The maximum absolute atomic E-state index is 6.48. The van der Waals surface area contributed by atoms with Gasteiger partial charge < -0.3 is 18.5 Å². The van der Waals surface area contributed by atoms with Gasteiger partial charge in [0, 0.05) is 49.7 Å². The van der Waals surface area contributed by atoms with Gasteiger partial charge in [0.25, 0.3) is 0 Å². The van der Waals surface area contributed by atoms with Crippen molar-refractivity contribution in [2.45, 2.75) is 6.42 Å². The molecule has 0 amide bonds. The highest BCUT2D eigenvalue weighted by atomic mass is 16.5. The lowest BCUT2D eigenvalue weighted by Gasteiger charge is -2.26. The van der Waals surface area contributed by atoms with Gasteiger partial charge in [0.15, 0.2) is 0 Å². The monoisotopic (exact) mass is 631 g/mol. The minimum atomic E-state index is 0.755. The summed E-state index contributed by atoms with van der Waals surface area (Å²) in [5.74, 6) is 1.75. The summed E-state index contributed by atoms with van der Waals surface area (Å²) in [6.07, 6.45) is 2.93. The quantitative estimate of drug-likeness (QED) is 0.189. The van der Waals surface area contributed by atoms with Gasteiger partial charge in [-0.05, 0) is 90.4 Å². The molecule has 0 atom stereocenters. The van der Waals surface area contributed by atoms with Gasteiger partial charge in [-0.3, -0.25) is 0 Å². The number of hydrogen-bond acceptors (Lipinski definition) is 4. The first-order valence-electron chi connectivity index (χ1n) is 16.6. The summed E-state index contributed by atoms with van der Waals surface area (Å²) in [7, 11) is 0. The van der Waals surface area contributed by atoms with Crippen LogP contribution in [0.2, 0.25) is 0 Å². The van der Waals surface area contributed by atoms with Crippen molar-refractivity contribution in [1.29, 1.82) is 0 Å². The minimum Gasteiger partial charge on any atom is -0.457 e. The van der Waals surface area contributed by atoms with Crippen LogP contribution in [0.5, 0.6) is 5.75 Å². The molecule has 0 radical (unpaired) electrons. The molecule has 3 heterocycles. The summed E-state index contributed by atoms with van der Waals surface area (Å²) in [6, 6.07) is 54.7. The first-order chi connectivity index (χ1) is 24.3. The largest absolute Gasteiger partial charge is 0.457 e. The lowest BCUT2D eigenvalue weighted by atomic mass is 9.99. The molecule has 0 unspecified atom stereocenters. The zero-order valence-corrected chi connectivity index (χ0v) is 26.5. The van der Waals surface area contributed by atoms with E-state index in [2.05, 4.69) is 120 Å². The zero-order valence-electron chi connectivity index (χ0n) is 26.5. The molecule has 0 N–H and O–H groups in total. The maximum atomic E-state index is 6.48. The highest BCUT2D eigenvalue weighted by molar-refractivity contribution is 6.10. The number of furan rings is 2. The van der Waals surface area contributed by atoms with Crippen LogP contribution in [0, 0.1) is 0 Å². The normalized spacial score (nSPS) is 12.7. The number of benzene rings is 7. The molecule has 4 heteroatoms. The van der Waals surface area contributed by atoms with Gasteiger partial charge in [0.05, 0.1) is 0 Å². The van der Waals surface area contributed by atoms with Crippen molar-refractivity contribution in [2.24, 2.45) is 0 Å². The van der Waals surface area contributed by atoms with E-state index in [9.17, 15) is 0 Å². The Morgan fingerprint density at radius 3 is 1.78 bits per heavy atom. The Labute approximate surface area is 282 Å². The lowest BCUT2D eigenvalue weighted by molar-refractivity contribution is 0.499. The fourth-order valence-electron chi connectivity index (χ4n) is 7.21. The molecule has 7 aromatic carbocycles. The van der Waals surface area contributed by atoms with E-state index >= 15 is 0 Å². The summed E-state index contributed by atoms with van der Waals surface area (Å²) in [5.41, 5.74) is 11.2. The van der Waals surface area contributed by atoms with Gasteiger partial charge >= 0.3 is 0 Å². The highest BCUT2D eigenvalue weighted by Gasteiger charge is 2.22. The third-order valence-electron chi connectivity index (χ3n) is 9.56. The first-order valence-corrected chi connectivity index (χ1v) is 16.6. The number of ether oxygens (including phenoxy) is 1. The smallest absolute Gasteiger partial charge is 0.135 e. The second-order valence-electron chi connectivity index (χ2n) is 12.5. The zero-order chi connectivity index (χ0) is 32.3. The molecule has 2 aromatic heterocycles. The molecular formula is C45H29NO3. The lowest BCUT2D eigenvalue weighted by Crippen LogP contribution is -2.09. The van der Waals surface area contributed by atoms with E-state index in [-0.39, 0.29) is 0 Å². The van der Waals surface area contributed by atoms with Crippen molar-refractivity contribution in [2.75, 3.05) is 4.90 Å². The summed E-state index contributed by atoms with van der Waals surface area (Å²) < 4.78 is 19.1. The predicted octanol–water partition coefficient (Wildman–Crippen LogP) is 12.6. The fourth-order valence-corrected chi connectivity index (χ4v) is 7.21. The Balaban J connectivity index is 1.14. The molecule has 1 aliphatic rings. The van der Waals surface area contributed by atoms with Crippen LogP contribution in [0.3, 0.4) is 0 Å². The van der Waals surface area contributed by atoms with E-state index in [1.54, 1.807) is 0 Å². The van der Waals surface area contributed by atoms with Crippen molar-refractivity contribution in [3.63, 3.8) is 0 Å². The number of allylic oxidation sites excluding steroid dienone is 1. The molecule has 0 bridgehead atoms. The molecule has 0 fully saturated rings. The van der Waals surface area contributed by atoms with Gasteiger partial charge in [-0.1, -0.05) is 91.0 Å². The molecule has 0 saturated heterocycles. The van der Waals surface area contributed by atoms with Crippen molar-refractivity contribution in [3.05, 3.63) is 175 Å². The number of nitrogens with zero attached hydrogens (tertiary/aromatic N) is 1. The van der Waals surface area contributed by atoms with Gasteiger partial charge in [0.1, 0.15) is 33.8 Å². The fraction of sp³-hybridized carbons (Fsp3) is 0.0222. The molecule has 9 aromatic rings. The minimum absolute atomic E-state index is 0.755. The third-order valence-corrected chi connectivity index (χ3v) is 9.56. The number of anilines is 3. The summed E-state index contributed by atoms with van der Waals surface area (Å²) in [4.78, 5) is 2.31. The average molecular weight is 632 g/mol. The SMILES string of the molecule is C1=C(c2ccccc2)Oc2ccc3oc4ccc(N(c5ccc(-c6ccccc6)cc5)c5ccc6oc7ccccc7c6c5)cc4c3c2C1. The Hall–Kier alpha value is -6.52. The van der Waals surface area contributed by atoms with E-state index in [0.717, 1.165) is 90.0 Å². The highest BCUT2D eigenvalue weighted by Crippen LogP contribution is 2.44. The standard InChI is InChI=1S/C45H29NO3/c1-3-9-29(10-4-1)30-15-17-32(18-16-30)46(33-19-22-42-37(27-33)35-13-7-8-14-40(35)48-42)34-20-23-43-38(28-34)45-36-21-24-39(31-11-5-2-6-12-31)47-41(36)25-26-44(45)49-43/h1-20,22-28H,21H2. The second-order valence-corrected chi connectivity index (χ2v) is 12.5. The first kappa shape index (κ1) is 27.6. The van der Waals surface area contributed by atoms with E-state index in [1.165, 1.54) is 11.1 Å². The summed E-state index contributed by atoms with van der Waals surface area (Å²) in [6.45, 7) is 0. The molecule has 232 valence electrons. The predicted molar refractivity (Wildman–Crippen MR) is 200 cm³/mol. The van der Waals surface area contributed by atoms with E-state index in [0.29, 0.717) is 0 Å². The van der Waals surface area contributed by atoms with Crippen molar-refractivity contribution in [3.8, 4) is 16.9 Å². The Kier molecular flexibility index (Phi) is 6.21. The van der Waals surface area contributed by atoms with Crippen molar-refractivity contribution < 1.29 is 13.6 Å². The summed E-state index contributed by atoms with van der Waals surface area (Å²) >= 11 is 0. The van der Waals surface area contributed by atoms with Crippen LogP contribution in [0.25, 0.3) is 60.8 Å². The van der Waals surface area contributed by atoms with Crippen LogP contribution in [-0.4, -0.2) is 0 Å². The Bertz CT molecular complexity index is 2700. The Morgan fingerprint density at radius 2 is 1.00 bits per heavy atom. The van der Waals surface area contributed by atoms with Gasteiger partial charge in [0.2, 0.25) is 0 Å². The van der Waals surface area contributed by atoms with Gasteiger partial charge in [-0.2, -0.15) is 0 Å². The number of para-hydroxylation sites is 1. The Morgan fingerprint density at radius 1 is 0.429 bits per heavy atom. The topological polar surface area (TPSA) is 38.8 Å².